The van der Waals surface area contributed by atoms with Gasteiger partial charge in [0.15, 0.2) is 0 Å². The molecule has 0 atom stereocenters. The molecule has 0 aliphatic rings. The van der Waals surface area contributed by atoms with Crippen LogP contribution in [0.1, 0.15) is 5.56 Å². The molecule has 1 aromatic carbocycles. The van der Waals surface area contributed by atoms with E-state index >= 15 is 0 Å². The average Bonchev–Trinajstić information content (AvgIpc) is 2.47. The first-order valence-electron chi connectivity index (χ1n) is 5.11. The van der Waals surface area contributed by atoms with Gasteiger partial charge in [0.1, 0.15) is 0 Å². The third-order valence-electron chi connectivity index (χ3n) is 2.35. The van der Waals surface area contributed by atoms with Gasteiger partial charge in [-0.05, 0) is 0 Å². The zero-order chi connectivity index (χ0) is 10.2. The van der Waals surface area contributed by atoms with Crippen LogP contribution in [-0.2, 0) is 4.44 Å². The average molecular weight is 294 g/mol. The minimum atomic E-state index is -1.66. The van der Waals surface area contributed by atoms with Crippen LogP contribution in [0, 0.1) is 0 Å². The standard InChI is InChI=1S/C9H8N.3CH3.Sn/c1-7-2-3-9-8(6-7)4-5-10-9;;;;/h2-6,10H,1H2;3*1H3;. The Kier molecular flexibility index (Phi) is 2.60. The number of aromatic nitrogens is 1. The minimum absolute atomic E-state index is 1.25. The fourth-order valence-corrected chi connectivity index (χ4v) is 5.95. The van der Waals surface area contributed by atoms with Gasteiger partial charge < -0.3 is 0 Å². The molecule has 0 radical (unpaired) electrons. The monoisotopic (exact) mass is 295 g/mol. The summed E-state index contributed by atoms with van der Waals surface area (Å²) >= 11 is -1.66. The number of nitrogens with one attached hydrogen (secondary N) is 1. The van der Waals surface area contributed by atoms with Crippen molar-refractivity contribution < 1.29 is 0 Å². The molecule has 0 bridgehead atoms. The van der Waals surface area contributed by atoms with Crippen LogP contribution in [0.5, 0.6) is 0 Å². The van der Waals surface area contributed by atoms with Crippen LogP contribution in [0.4, 0.5) is 0 Å². The Bertz CT molecular complexity index is 437. The summed E-state index contributed by atoms with van der Waals surface area (Å²) in [7, 11) is 0. The maximum absolute atomic E-state index is 3.23. The van der Waals surface area contributed by atoms with Gasteiger partial charge in [0.25, 0.3) is 0 Å². The summed E-state index contributed by atoms with van der Waals surface area (Å²) in [6.07, 6.45) is 2.01. The van der Waals surface area contributed by atoms with Crippen molar-refractivity contribution in [1.29, 1.82) is 0 Å². The molecule has 0 aliphatic heterocycles. The molecule has 0 spiro atoms. The second-order valence-corrected chi connectivity index (χ2v) is 20.8. The summed E-state index contributed by atoms with van der Waals surface area (Å²) in [5.74, 6) is 0. The van der Waals surface area contributed by atoms with E-state index in [-0.39, 0.29) is 0 Å². The van der Waals surface area contributed by atoms with E-state index < -0.39 is 18.4 Å². The molecule has 0 fully saturated rings. The van der Waals surface area contributed by atoms with E-state index in [1.165, 1.54) is 20.9 Å². The van der Waals surface area contributed by atoms with E-state index in [4.69, 9.17) is 0 Å². The number of hydrogen-bond donors (Lipinski definition) is 1. The predicted molar refractivity (Wildman–Crippen MR) is 65.3 cm³/mol. The number of aromatic amines is 1. The van der Waals surface area contributed by atoms with Gasteiger partial charge in [0.05, 0.1) is 0 Å². The summed E-state index contributed by atoms with van der Waals surface area (Å²) in [4.78, 5) is 10.7. The van der Waals surface area contributed by atoms with Crippen LogP contribution in [0.15, 0.2) is 30.5 Å². The molecule has 0 saturated carbocycles. The third-order valence-corrected chi connectivity index (χ3v) is 6.54. The maximum atomic E-state index is 3.23. The zero-order valence-electron chi connectivity index (χ0n) is 9.09. The summed E-state index contributed by atoms with van der Waals surface area (Å²) in [5, 5.41) is 1.35. The first kappa shape index (κ1) is 10.1. The SMILES string of the molecule is [CH3][Sn]([CH3])([CH3])[CH2]c1ccc2[nH]ccc2c1. The fraction of sp³-hybridized carbons (Fsp3) is 0.333. The number of rotatable bonds is 2. The van der Waals surface area contributed by atoms with Gasteiger partial charge in [0, 0.05) is 0 Å². The molecule has 0 saturated heterocycles. The van der Waals surface area contributed by atoms with Gasteiger partial charge in [-0.25, -0.2) is 0 Å². The van der Waals surface area contributed by atoms with E-state index in [0.29, 0.717) is 0 Å². The number of H-pyrrole nitrogens is 1. The predicted octanol–water partition coefficient (Wildman–Crippen LogP) is 3.59. The molecule has 74 valence electrons. The molecular weight excluding hydrogens is 277 g/mol. The topological polar surface area (TPSA) is 15.8 Å². The Hall–Kier alpha value is -0.441. The second-order valence-electron chi connectivity index (χ2n) is 5.14. The quantitative estimate of drug-likeness (QED) is 0.815. The third kappa shape index (κ3) is 2.32. The van der Waals surface area contributed by atoms with Gasteiger partial charge in [-0.3, -0.25) is 0 Å². The van der Waals surface area contributed by atoms with Crippen molar-refractivity contribution in [2.24, 2.45) is 0 Å². The van der Waals surface area contributed by atoms with Gasteiger partial charge in [-0.1, -0.05) is 0 Å². The van der Waals surface area contributed by atoms with E-state index in [1.54, 1.807) is 0 Å². The second kappa shape index (κ2) is 3.61. The van der Waals surface area contributed by atoms with Crippen molar-refractivity contribution >= 4 is 29.3 Å². The Morgan fingerprint density at radius 2 is 1.93 bits per heavy atom. The van der Waals surface area contributed by atoms with Crippen LogP contribution in [-0.4, -0.2) is 23.4 Å². The molecule has 0 aliphatic carbocycles. The summed E-state index contributed by atoms with van der Waals surface area (Å²) in [6.45, 7) is 0. The van der Waals surface area contributed by atoms with E-state index in [9.17, 15) is 0 Å². The van der Waals surface area contributed by atoms with Gasteiger partial charge >= 0.3 is 89.5 Å². The van der Waals surface area contributed by atoms with Crippen molar-refractivity contribution in [1.82, 2.24) is 4.98 Å². The van der Waals surface area contributed by atoms with Crippen LogP contribution < -0.4 is 0 Å². The summed E-state index contributed by atoms with van der Waals surface area (Å²) in [6, 6.07) is 8.94. The molecule has 1 aromatic heterocycles. The molecule has 14 heavy (non-hydrogen) atoms. The molecule has 2 aromatic rings. The van der Waals surface area contributed by atoms with Crippen LogP contribution in [0.3, 0.4) is 0 Å². The number of benzene rings is 1. The molecule has 0 amide bonds. The molecule has 1 nitrogen and oxygen atoms in total. The van der Waals surface area contributed by atoms with E-state index in [2.05, 4.69) is 44.1 Å². The Labute approximate surface area is 89.4 Å². The van der Waals surface area contributed by atoms with Crippen molar-refractivity contribution in [3.8, 4) is 0 Å². The fourth-order valence-electron chi connectivity index (χ4n) is 1.83. The molecule has 0 unspecified atom stereocenters. The summed E-state index contributed by atoms with van der Waals surface area (Å²) in [5.41, 5.74) is 2.76. The Morgan fingerprint density at radius 1 is 1.14 bits per heavy atom. The van der Waals surface area contributed by atoms with E-state index in [0.717, 1.165) is 0 Å². The van der Waals surface area contributed by atoms with Crippen LogP contribution >= 0.6 is 0 Å². The normalized spacial score (nSPS) is 12.2. The molecule has 1 N–H and O–H groups in total. The van der Waals surface area contributed by atoms with Gasteiger partial charge in [-0.15, -0.1) is 0 Å². The van der Waals surface area contributed by atoms with Crippen molar-refractivity contribution in [3.63, 3.8) is 0 Å². The Morgan fingerprint density at radius 3 is 2.64 bits per heavy atom. The van der Waals surface area contributed by atoms with Crippen LogP contribution in [0.2, 0.25) is 14.8 Å². The number of fused-ring (bicyclic) bond motifs is 1. The van der Waals surface area contributed by atoms with Crippen molar-refractivity contribution in [3.05, 3.63) is 36.0 Å². The zero-order valence-corrected chi connectivity index (χ0v) is 11.9. The Balaban J connectivity index is 2.35. The molecular formula is C12H17NSn. The van der Waals surface area contributed by atoms with Crippen LogP contribution in [0.25, 0.3) is 10.9 Å². The molecule has 2 rings (SSSR count). The van der Waals surface area contributed by atoms with Gasteiger partial charge in [-0.2, -0.15) is 0 Å². The first-order valence-corrected chi connectivity index (χ1v) is 15.7. The van der Waals surface area contributed by atoms with Gasteiger partial charge in [0.2, 0.25) is 0 Å². The van der Waals surface area contributed by atoms with E-state index in [1.807, 2.05) is 6.20 Å². The number of hydrogen-bond acceptors (Lipinski definition) is 0. The first-order chi connectivity index (χ1) is 6.54. The summed E-state index contributed by atoms with van der Waals surface area (Å²) < 4.78 is 1.34. The van der Waals surface area contributed by atoms with Crippen molar-refractivity contribution in [2.75, 3.05) is 0 Å². The van der Waals surface area contributed by atoms with Crippen molar-refractivity contribution in [2.45, 2.75) is 19.3 Å². The molecule has 1 heterocycles. The molecule has 2 heteroatoms.